The summed E-state index contributed by atoms with van der Waals surface area (Å²) < 4.78 is 16.4. The van der Waals surface area contributed by atoms with Crippen LogP contribution in [0, 0.1) is 23.7 Å². The first-order chi connectivity index (χ1) is 36.1. The van der Waals surface area contributed by atoms with Gasteiger partial charge in [0.2, 0.25) is 0 Å². The van der Waals surface area contributed by atoms with E-state index in [4.69, 9.17) is 29.5 Å². The van der Waals surface area contributed by atoms with Gasteiger partial charge in [-0.15, -0.1) is 5.73 Å². The Bertz CT molecular complexity index is 856. The number of rotatable bonds is 24. The number of thioether (sulfide) groups is 3. The van der Waals surface area contributed by atoms with Crippen LogP contribution in [0.25, 0.3) is 0 Å². The molecule has 0 spiro atoms. The van der Waals surface area contributed by atoms with Gasteiger partial charge >= 0.3 is 6.15 Å². The molecule has 1 rings (SSSR count). The zero-order chi connectivity index (χ0) is 62.8. The molecule has 0 bridgehead atoms. The molecule has 1 heterocycles. The summed E-state index contributed by atoms with van der Waals surface area (Å²) in [6.45, 7) is 72.5. The third-order valence-electron chi connectivity index (χ3n) is 4.59. The highest BCUT2D eigenvalue weighted by Crippen LogP contribution is 2.06. The van der Waals surface area contributed by atoms with Gasteiger partial charge in [0.15, 0.2) is 0 Å². The van der Waals surface area contributed by atoms with Gasteiger partial charge in [0.05, 0.1) is 0 Å². The second kappa shape index (κ2) is 146. The van der Waals surface area contributed by atoms with Crippen molar-refractivity contribution in [2.45, 2.75) is 277 Å². The summed E-state index contributed by atoms with van der Waals surface area (Å²) in [7, 11) is 0. The number of aromatic amines is 1. The maximum atomic E-state index is 8.12. The lowest BCUT2D eigenvalue weighted by Crippen LogP contribution is -2.05. The van der Waals surface area contributed by atoms with E-state index in [1.54, 1.807) is 6.20 Å². The van der Waals surface area contributed by atoms with Crippen molar-refractivity contribution in [2.75, 3.05) is 80.7 Å². The first-order valence-electron chi connectivity index (χ1n) is 30.6. The number of H-pyrrole nitrogens is 1. The monoisotopic (exact) mass is 1150 g/mol. The second-order valence-electron chi connectivity index (χ2n) is 18.9. The van der Waals surface area contributed by atoms with Gasteiger partial charge in [0, 0.05) is 76.5 Å². The normalized spacial score (nSPS) is 8.49. The Morgan fingerprint density at radius 3 is 0.921 bits per heavy atom. The average molecular weight is 1150 g/mol. The molecule has 0 amide bonds. The zero-order valence-electron chi connectivity index (χ0n) is 57.6. The molecule has 0 radical (unpaired) electrons. The molecule has 11 heteroatoms. The minimum Gasteiger partial charge on any atom is -0.381 e. The minimum atomic E-state index is 0.250. The van der Waals surface area contributed by atoms with Crippen molar-refractivity contribution in [3.05, 3.63) is 37.1 Å². The van der Waals surface area contributed by atoms with E-state index in [1.807, 2.05) is 41.5 Å². The Morgan fingerprint density at radius 2 is 0.724 bits per heavy atom. The average Bonchev–Trinajstić information content (AvgIpc) is 3.85. The van der Waals surface area contributed by atoms with Gasteiger partial charge in [-0.25, -0.2) is 4.98 Å². The number of hydrogen-bond donors (Lipinski definition) is 2. The Hall–Kier alpha value is -1.00. The fraction of sp³-hybridized carbons (Fsp3) is 0.892. The molecule has 8 nitrogen and oxygen atoms in total. The topological polar surface area (TPSA) is 117 Å². The van der Waals surface area contributed by atoms with E-state index in [2.05, 4.69) is 223 Å². The molecular weight excluding hydrogens is 999 g/mol. The van der Waals surface area contributed by atoms with Crippen molar-refractivity contribution in [1.82, 2.24) is 9.97 Å². The minimum absolute atomic E-state index is 0.250. The van der Waals surface area contributed by atoms with Crippen LogP contribution in [0.5, 0.6) is 0 Å². The fourth-order valence-corrected chi connectivity index (χ4v) is 4.95. The number of ether oxygens (including phenoxy) is 3. The molecule has 0 atom stereocenters. The molecular formula is C65H149N3O5S3. The SMILES string of the molecule is C=C=C.CC(C)C.CC(C)COCCCSCCN.CC(C)COCCCSCCc1ncc[nH]1.CCC.CCC.CCC.CCC.CCC.CCC.CCC.CCC.CCC.CCSCCCOCC(C)C.O=C=O. The van der Waals surface area contributed by atoms with Crippen LogP contribution in [0.15, 0.2) is 31.3 Å². The van der Waals surface area contributed by atoms with Crippen LogP contribution >= 0.6 is 35.3 Å². The van der Waals surface area contributed by atoms with E-state index in [9.17, 15) is 0 Å². The van der Waals surface area contributed by atoms with Gasteiger partial charge < -0.3 is 24.9 Å². The van der Waals surface area contributed by atoms with E-state index in [0.29, 0.717) is 17.8 Å². The highest BCUT2D eigenvalue weighted by Gasteiger charge is 1.97. The van der Waals surface area contributed by atoms with E-state index in [1.165, 1.54) is 87.2 Å². The highest BCUT2D eigenvalue weighted by atomic mass is 32.2. The number of nitrogens with two attached hydrogens (primary N) is 1. The summed E-state index contributed by atoms with van der Waals surface area (Å²) in [5, 5.41) is 0. The number of aromatic nitrogens is 2. The molecule has 0 aliphatic heterocycles. The lowest BCUT2D eigenvalue weighted by Gasteiger charge is -2.06. The lowest BCUT2D eigenvalue weighted by molar-refractivity contribution is -0.191. The van der Waals surface area contributed by atoms with Crippen LogP contribution in [-0.4, -0.2) is 96.8 Å². The smallest absolute Gasteiger partial charge is 0.373 e. The van der Waals surface area contributed by atoms with Crippen molar-refractivity contribution in [1.29, 1.82) is 0 Å². The predicted octanol–water partition coefficient (Wildman–Crippen LogP) is 22.1. The van der Waals surface area contributed by atoms with E-state index >= 15 is 0 Å². The maximum Gasteiger partial charge on any atom is 0.373 e. The third-order valence-corrected chi connectivity index (χ3v) is 7.75. The molecule has 76 heavy (non-hydrogen) atoms. The number of nitrogens with one attached hydrogen (secondary N) is 1. The zero-order valence-corrected chi connectivity index (χ0v) is 60.0. The predicted molar refractivity (Wildman–Crippen MR) is 364 cm³/mol. The lowest BCUT2D eigenvalue weighted by atomic mass is 10.2. The molecule has 472 valence electrons. The summed E-state index contributed by atoms with van der Waals surface area (Å²) in [4.78, 5) is 23.6. The van der Waals surface area contributed by atoms with Crippen molar-refractivity contribution in [3.63, 3.8) is 0 Å². The van der Waals surface area contributed by atoms with E-state index in [0.717, 1.165) is 88.7 Å². The number of aryl methyl sites for hydroxylation is 1. The molecule has 0 aliphatic carbocycles. The van der Waals surface area contributed by atoms with Crippen LogP contribution in [0.1, 0.15) is 277 Å². The summed E-state index contributed by atoms with van der Waals surface area (Å²) in [6, 6.07) is 0. The quantitative estimate of drug-likeness (QED) is 0.0766. The van der Waals surface area contributed by atoms with Gasteiger partial charge in [-0.3, -0.25) is 0 Å². The largest absolute Gasteiger partial charge is 0.381 e. The van der Waals surface area contributed by atoms with Gasteiger partial charge in [0.25, 0.3) is 0 Å². The van der Waals surface area contributed by atoms with Crippen LogP contribution in [-0.2, 0) is 30.2 Å². The van der Waals surface area contributed by atoms with Gasteiger partial charge in [0.1, 0.15) is 5.82 Å². The van der Waals surface area contributed by atoms with Crippen molar-refractivity contribution in [2.24, 2.45) is 29.4 Å². The third kappa shape index (κ3) is 327. The Kier molecular flexibility index (Phi) is 212. The Morgan fingerprint density at radius 1 is 0.487 bits per heavy atom. The number of nitrogens with zero attached hydrogens (tertiary/aromatic N) is 1. The molecule has 1 aromatic heterocycles. The van der Waals surface area contributed by atoms with Gasteiger partial charge in [-0.1, -0.05) is 265 Å². The van der Waals surface area contributed by atoms with Crippen LogP contribution in [0.3, 0.4) is 0 Å². The fourth-order valence-electron chi connectivity index (χ4n) is 2.78. The number of hydrogen-bond acceptors (Lipinski definition) is 10. The summed E-state index contributed by atoms with van der Waals surface area (Å²) in [6.07, 6.45) is 19.7. The first kappa shape index (κ1) is 110. The Labute approximate surface area is 497 Å². The van der Waals surface area contributed by atoms with Gasteiger partial charge in [-0.2, -0.15) is 44.9 Å². The molecule has 0 aliphatic rings. The van der Waals surface area contributed by atoms with Crippen LogP contribution < -0.4 is 5.73 Å². The van der Waals surface area contributed by atoms with Crippen LogP contribution in [0.2, 0.25) is 0 Å². The molecule has 1 aromatic rings. The molecule has 0 unspecified atom stereocenters. The summed E-state index contributed by atoms with van der Waals surface area (Å²) >= 11 is 5.86. The van der Waals surface area contributed by atoms with Gasteiger partial charge in [-0.05, 0) is 65.9 Å². The first-order valence-corrected chi connectivity index (χ1v) is 34.0. The number of carbonyl (C=O) groups excluding carboxylic acids is 2. The molecule has 0 fully saturated rings. The van der Waals surface area contributed by atoms with Crippen molar-refractivity contribution < 1.29 is 23.8 Å². The second-order valence-corrected chi connectivity index (χ2v) is 22.7. The molecule has 0 aromatic carbocycles. The maximum absolute atomic E-state index is 8.12. The number of imidazole rings is 1. The van der Waals surface area contributed by atoms with E-state index in [-0.39, 0.29) is 6.15 Å². The van der Waals surface area contributed by atoms with Crippen molar-refractivity contribution in [3.8, 4) is 0 Å². The highest BCUT2D eigenvalue weighted by molar-refractivity contribution is 7.99. The summed E-state index contributed by atoms with van der Waals surface area (Å²) in [5.41, 5.74) is 7.61. The summed E-state index contributed by atoms with van der Waals surface area (Å²) in [5.74, 6) is 10.9. The van der Waals surface area contributed by atoms with Crippen molar-refractivity contribution >= 4 is 41.4 Å². The standard InChI is InChI=1S/C12H22N2OS.C9H21NOS.C9H20OS.C4H10.9C3H8.C3H4.CO2/c1-11(2)10-15-7-3-8-16-9-4-12-13-5-6-14-12;1-9(2)8-11-5-3-6-12-7-4-10;1-4-11-7-5-6-10-8-9(2)3;1-4(2)3;10*1-3-2;2-1-3/h5-6,11H,3-4,7-10H2,1-2H3,(H,13,14);9H,3-8,10H2,1-2H3;9H,4-8H2,1-3H3;4H,1-3H3;9*3H2,1-2H3;1-2H2;. The van der Waals surface area contributed by atoms with Crippen LogP contribution in [0.4, 0.5) is 0 Å². The molecule has 3 N–H and O–H groups in total. The Balaban J connectivity index is -0.0000000483. The van der Waals surface area contributed by atoms with E-state index < -0.39 is 0 Å². The molecule has 0 saturated carbocycles. The molecule has 0 saturated heterocycles.